The Morgan fingerprint density at radius 1 is 1.30 bits per heavy atom. The highest BCUT2D eigenvalue weighted by molar-refractivity contribution is 5.94. The van der Waals surface area contributed by atoms with Gasteiger partial charge < -0.3 is 15.4 Å². The first-order valence-corrected chi connectivity index (χ1v) is 6.22. The number of anilines is 1. The molecule has 0 fully saturated rings. The third kappa shape index (κ3) is 3.94. The van der Waals surface area contributed by atoms with E-state index in [2.05, 4.69) is 20.6 Å². The van der Waals surface area contributed by atoms with Crippen molar-refractivity contribution < 1.29 is 9.53 Å². The molecule has 0 saturated heterocycles. The Morgan fingerprint density at radius 2 is 2.20 bits per heavy atom. The largest absolute Gasteiger partial charge is 0.497 e. The number of amides is 1. The van der Waals surface area contributed by atoms with Crippen molar-refractivity contribution in [1.82, 2.24) is 15.3 Å². The van der Waals surface area contributed by atoms with E-state index in [1.165, 1.54) is 0 Å². The number of nitrogens with one attached hydrogen (secondary N) is 2. The van der Waals surface area contributed by atoms with Crippen LogP contribution in [0.15, 0.2) is 42.9 Å². The minimum absolute atomic E-state index is 0.134. The van der Waals surface area contributed by atoms with E-state index in [1.807, 2.05) is 0 Å². The summed E-state index contributed by atoms with van der Waals surface area (Å²) in [6.07, 6.45) is 4.84. The summed E-state index contributed by atoms with van der Waals surface area (Å²) >= 11 is 0. The van der Waals surface area contributed by atoms with Gasteiger partial charge in [-0.15, -0.1) is 0 Å². The molecule has 1 heterocycles. The number of methoxy groups -OCH3 is 1. The Hall–Kier alpha value is -2.63. The van der Waals surface area contributed by atoms with Gasteiger partial charge in [0.2, 0.25) is 0 Å². The number of nitrogens with zero attached hydrogens (tertiary/aromatic N) is 2. The van der Waals surface area contributed by atoms with Gasteiger partial charge in [-0.1, -0.05) is 6.07 Å². The second-order valence-corrected chi connectivity index (χ2v) is 4.01. The van der Waals surface area contributed by atoms with Gasteiger partial charge in [-0.3, -0.25) is 9.78 Å². The fourth-order valence-corrected chi connectivity index (χ4v) is 1.62. The minimum Gasteiger partial charge on any atom is -0.497 e. The molecule has 2 aromatic rings. The number of carbonyl (C=O) groups excluding carboxylic acids is 1. The van der Waals surface area contributed by atoms with Crippen LogP contribution in [0.4, 0.5) is 5.82 Å². The molecule has 2 rings (SSSR count). The zero-order valence-corrected chi connectivity index (χ0v) is 11.2. The highest BCUT2D eigenvalue weighted by Crippen LogP contribution is 2.12. The molecule has 6 nitrogen and oxygen atoms in total. The number of hydrogen-bond donors (Lipinski definition) is 2. The van der Waals surface area contributed by atoms with Gasteiger partial charge in [0.05, 0.1) is 13.3 Å². The maximum Gasteiger partial charge on any atom is 0.251 e. The SMILES string of the molecule is COc1cccc(C(=O)NCCNc2cnccn2)c1. The van der Waals surface area contributed by atoms with Crippen LogP contribution in [0.25, 0.3) is 0 Å². The normalized spacial score (nSPS) is 9.85. The Balaban J connectivity index is 1.77. The minimum atomic E-state index is -0.134. The molecule has 0 aliphatic rings. The van der Waals surface area contributed by atoms with Gasteiger partial charge >= 0.3 is 0 Å². The molecule has 0 saturated carbocycles. The number of ether oxygens (including phenoxy) is 1. The molecular weight excluding hydrogens is 256 g/mol. The van der Waals surface area contributed by atoms with E-state index in [9.17, 15) is 4.79 Å². The summed E-state index contributed by atoms with van der Waals surface area (Å²) in [6, 6.07) is 7.03. The average Bonchev–Trinajstić information content (AvgIpc) is 2.52. The fraction of sp³-hybridized carbons (Fsp3) is 0.214. The van der Waals surface area contributed by atoms with E-state index in [-0.39, 0.29) is 5.91 Å². The third-order valence-electron chi connectivity index (χ3n) is 2.61. The Labute approximate surface area is 117 Å². The van der Waals surface area contributed by atoms with E-state index in [4.69, 9.17) is 4.74 Å². The van der Waals surface area contributed by atoms with Crippen LogP contribution in [0.3, 0.4) is 0 Å². The highest BCUT2D eigenvalue weighted by atomic mass is 16.5. The molecule has 1 amide bonds. The zero-order chi connectivity index (χ0) is 14.2. The third-order valence-corrected chi connectivity index (χ3v) is 2.61. The summed E-state index contributed by atoms with van der Waals surface area (Å²) in [7, 11) is 1.57. The lowest BCUT2D eigenvalue weighted by Gasteiger charge is -2.08. The molecular formula is C14H16N4O2. The zero-order valence-electron chi connectivity index (χ0n) is 11.2. The van der Waals surface area contributed by atoms with Gasteiger partial charge in [-0.25, -0.2) is 4.98 Å². The molecule has 104 valence electrons. The summed E-state index contributed by atoms with van der Waals surface area (Å²) in [5.74, 6) is 1.21. The summed E-state index contributed by atoms with van der Waals surface area (Å²) in [4.78, 5) is 19.9. The maximum atomic E-state index is 11.9. The van der Waals surface area contributed by atoms with Gasteiger partial charge in [-0.05, 0) is 18.2 Å². The number of rotatable bonds is 6. The van der Waals surface area contributed by atoms with E-state index < -0.39 is 0 Å². The van der Waals surface area contributed by atoms with E-state index in [1.54, 1.807) is 50.0 Å². The van der Waals surface area contributed by atoms with Crippen LogP contribution in [0.2, 0.25) is 0 Å². The first-order chi connectivity index (χ1) is 9.79. The summed E-state index contributed by atoms with van der Waals surface area (Å²) in [5.41, 5.74) is 0.573. The first-order valence-electron chi connectivity index (χ1n) is 6.22. The maximum absolute atomic E-state index is 11.9. The number of aromatic nitrogens is 2. The van der Waals surface area contributed by atoms with Crippen molar-refractivity contribution in [3.63, 3.8) is 0 Å². The average molecular weight is 272 g/mol. The standard InChI is InChI=1S/C14H16N4O2/c1-20-12-4-2-3-11(9-12)14(19)18-8-7-17-13-10-15-5-6-16-13/h2-6,9-10H,7-8H2,1H3,(H,16,17)(H,18,19). The molecule has 0 spiro atoms. The van der Waals surface area contributed by atoms with Crippen LogP contribution >= 0.6 is 0 Å². The highest BCUT2D eigenvalue weighted by Gasteiger charge is 2.05. The first kappa shape index (κ1) is 13.8. The quantitative estimate of drug-likeness (QED) is 0.776. The topological polar surface area (TPSA) is 76.1 Å². The second kappa shape index (κ2) is 7.08. The van der Waals surface area contributed by atoms with Crippen molar-refractivity contribution in [3.05, 3.63) is 48.4 Å². The lowest BCUT2D eigenvalue weighted by atomic mass is 10.2. The molecule has 0 atom stereocenters. The Bertz CT molecular complexity index is 560. The van der Waals surface area contributed by atoms with Gasteiger partial charge in [-0.2, -0.15) is 0 Å². The fourth-order valence-electron chi connectivity index (χ4n) is 1.62. The Kier molecular flexibility index (Phi) is 4.88. The van der Waals surface area contributed by atoms with E-state index in [0.717, 1.165) is 0 Å². The smallest absolute Gasteiger partial charge is 0.251 e. The lowest BCUT2D eigenvalue weighted by Crippen LogP contribution is -2.28. The monoisotopic (exact) mass is 272 g/mol. The van der Waals surface area contributed by atoms with Crippen molar-refractivity contribution >= 4 is 11.7 Å². The molecule has 0 unspecified atom stereocenters. The molecule has 0 radical (unpaired) electrons. The van der Waals surface area contributed by atoms with Crippen LogP contribution in [0, 0.1) is 0 Å². The predicted molar refractivity (Wildman–Crippen MR) is 75.8 cm³/mol. The molecule has 1 aromatic carbocycles. The van der Waals surface area contributed by atoms with Crippen molar-refractivity contribution in [2.75, 3.05) is 25.5 Å². The van der Waals surface area contributed by atoms with Crippen LogP contribution in [0.5, 0.6) is 5.75 Å². The van der Waals surface area contributed by atoms with Crippen LogP contribution in [-0.2, 0) is 0 Å². The van der Waals surface area contributed by atoms with Gasteiger partial charge in [0.1, 0.15) is 11.6 Å². The molecule has 20 heavy (non-hydrogen) atoms. The Morgan fingerprint density at radius 3 is 2.95 bits per heavy atom. The van der Waals surface area contributed by atoms with Crippen LogP contribution in [-0.4, -0.2) is 36.1 Å². The number of carbonyl (C=O) groups is 1. The van der Waals surface area contributed by atoms with Crippen LogP contribution in [0.1, 0.15) is 10.4 Å². The van der Waals surface area contributed by atoms with Gasteiger partial charge in [0.15, 0.2) is 0 Å². The predicted octanol–water partition coefficient (Wildman–Crippen LogP) is 1.33. The number of hydrogen-bond acceptors (Lipinski definition) is 5. The van der Waals surface area contributed by atoms with E-state index in [0.29, 0.717) is 30.2 Å². The van der Waals surface area contributed by atoms with Gasteiger partial charge in [0.25, 0.3) is 5.91 Å². The molecule has 0 bridgehead atoms. The van der Waals surface area contributed by atoms with Gasteiger partial charge in [0, 0.05) is 31.0 Å². The molecule has 1 aromatic heterocycles. The summed E-state index contributed by atoms with van der Waals surface area (Å²) in [6.45, 7) is 1.07. The number of benzene rings is 1. The van der Waals surface area contributed by atoms with Crippen molar-refractivity contribution in [2.45, 2.75) is 0 Å². The lowest BCUT2D eigenvalue weighted by molar-refractivity contribution is 0.0955. The van der Waals surface area contributed by atoms with Crippen molar-refractivity contribution in [2.24, 2.45) is 0 Å². The van der Waals surface area contributed by atoms with Crippen molar-refractivity contribution in [1.29, 1.82) is 0 Å². The molecule has 2 N–H and O–H groups in total. The van der Waals surface area contributed by atoms with E-state index >= 15 is 0 Å². The molecule has 0 aliphatic heterocycles. The van der Waals surface area contributed by atoms with Crippen LogP contribution < -0.4 is 15.4 Å². The van der Waals surface area contributed by atoms with Crippen molar-refractivity contribution in [3.8, 4) is 5.75 Å². The second-order valence-electron chi connectivity index (χ2n) is 4.01. The molecule has 6 heteroatoms. The molecule has 0 aliphatic carbocycles. The summed E-state index contributed by atoms with van der Waals surface area (Å²) in [5, 5.41) is 5.88. The summed E-state index contributed by atoms with van der Waals surface area (Å²) < 4.78 is 5.08.